The number of aromatic nitrogens is 1. The maximum Gasteiger partial charge on any atom is 0.257 e. The van der Waals surface area contributed by atoms with E-state index in [1.807, 2.05) is 0 Å². The van der Waals surface area contributed by atoms with Crippen molar-refractivity contribution in [3.63, 3.8) is 0 Å². The van der Waals surface area contributed by atoms with Crippen LogP contribution in [0.15, 0.2) is 16.7 Å². The minimum atomic E-state index is -0.0520. The van der Waals surface area contributed by atoms with E-state index in [2.05, 4.69) is 20.9 Å². The quantitative estimate of drug-likeness (QED) is 0.889. The molecule has 4 nitrogen and oxygen atoms in total. The van der Waals surface area contributed by atoms with Crippen LogP contribution in [0, 0.1) is 0 Å². The first-order valence-corrected chi connectivity index (χ1v) is 5.57. The maximum absolute atomic E-state index is 12.0. The van der Waals surface area contributed by atoms with Gasteiger partial charge in [-0.25, -0.2) is 4.98 Å². The van der Waals surface area contributed by atoms with Crippen molar-refractivity contribution in [1.29, 1.82) is 0 Å². The van der Waals surface area contributed by atoms with Gasteiger partial charge in [0, 0.05) is 23.8 Å². The number of nitrogen functional groups attached to an aromatic ring is 1. The Morgan fingerprint density at radius 2 is 2.33 bits per heavy atom. The van der Waals surface area contributed by atoms with E-state index in [9.17, 15) is 4.79 Å². The Kier molecular flexibility index (Phi) is 2.65. The molecule has 0 aromatic carbocycles. The van der Waals surface area contributed by atoms with Crippen LogP contribution in [0.5, 0.6) is 0 Å². The average Bonchev–Trinajstić information content (AvgIpc) is 3.03. The number of halogens is 1. The third-order valence-corrected chi connectivity index (χ3v) is 2.96. The van der Waals surface area contributed by atoms with Crippen LogP contribution in [-0.4, -0.2) is 28.9 Å². The van der Waals surface area contributed by atoms with Crippen LogP contribution in [0.25, 0.3) is 0 Å². The van der Waals surface area contributed by atoms with Gasteiger partial charge in [0.05, 0.1) is 5.56 Å². The molecule has 0 aliphatic heterocycles. The van der Waals surface area contributed by atoms with Gasteiger partial charge in [-0.15, -0.1) is 0 Å². The van der Waals surface area contributed by atoms with Crippen molar-refractivity contribution in [2.45, 2.75) is 18.9 Å². The molecule has 1 aliphatic carbocycles. The van der Waals surface area contributed by atoms with E-state index >= 15 is 0 Å². The van der Waals surface area contributed by atoms with Gasteiger partial charge < -0.3 is 10.6 Å². The topological polar surface area (TPSA) is 59.2 Å². The Morgan fingerprint density at radius 3 is 2.93 bits per heavy atom. The van der Waals surface area contributed by atoms with Crippen LogP contribution < -0.4 is 5.73 Å². The number of nitrogens with zero attached hydrogens (tertiary/aromatic N) is 2. The largest absolute Gasteiger partial charge is 0.383 e. The molecule has 2 N–H and O–H groups in total. The van der Waals surface area contributed by atoms with E-state index in [0.29, 0.717) is 11.6 Å². The molecule has 0 unspecified atom stereocenters. The zero-order valence-electron chi connectivity index (χ0n) is 8.40. The number of carbonyl (C=O) groups excluding carboxylic acids is 1. The van der Waals surface area contributed by atoms with E-state index < -0.39 is 0 Å². The molecular formula is C10H12BrN3O. The molecule has 1 amide bonds. The molecule has 1 aliphatic rings. The van der Waals surface area contributed by atoms with Gasteiger partial charge in [-0.2, -0.15) is 0 Å². The van der Waals surface area contributed by atoms with E-state index in [1.54, 1.807) is 24.2 Å². The summed E-state index contributed by atoms with van der Waals surface area (Å²) in [4.78, 5) is 17.7. The van der Waals surface area contributed by atoms with Crippen molar-refractivity contribution in [3.05, 3.63) is 22.3 Å². The van der Waals surface area contributed by atoms with Gasteiger partial charge in [-0.1, -0.05) is 0 Å². The fourth-order valence-electron chi connectivity index (χ4n) is 1.44. The van der Waals surface area contributed by atoms with Crippen LogP contribution in [0.4, 0.5) is 5.82 Å². The number of amides is 1. The fourth-order valence-corrected chi connectivity index (χ4v) is 1.77. The van der Waals surface area contributed by atoms with Gasteiger partial charge in [-0.3, -0.25) is 4.79 Å². The standard InChI is InChI=1S/C10H12BrN3O/c1-14(7-2-3-7)10(15)8-4-6(11)5-13-9(8)12/h4-5,7H,2-3H2,1H3,(H2,12,13). The molecular weight excluding hydrogens is 258 g/mol. The lowest BCUT2D eigenvalue weighted by molar-refractivity contribution is 0.0785. The summed E-state index contributed by atoms with van der Waals surface area (Å²) >= 11 is 3.28. The van der Waals surface area contributed by atoms with E-state index in [-0.39, 0.29) is 11.7 Å². The summed E-state index contributed by atoms with van der Waals surface area (Å²) in [5, 5.41) is 0. The molecule has 0 saturated heterocycles. The second-order valence-electron chi connectivity index (χ2n) is 3.73. The van der Waals surface area contributed by atoms with Crippen LogP contribution in [0.2, 0.25) is 0 Å². The Bertz CT molecular complexity index is 404. The average molecular weight is 270 g/mol. The molecule has 1 fully saturated rings. The highest BCUT2D eigenvalue weighted by molar-refractivity contribution is 9.10. The van der Waals surface area contributed by atoms with Crippen molar-refractivity contribution in [3.8, 4) is 0 Å². The molecule has 80 valence electrons. The number of rotatable bonds is 2. The number of hydrogen-bond acceptors (Lipinski definition) is 3. The van der Waals surface area contributed by atoms with Crippen molar-refractivity contribution in [1.82, 2.24) is 9.88 Å². The zero-order chi connectivity index (χ0) is 11.0. The lowest BCUT2D eigenvalue weighted by Crippen LogP contribution is -2.29. The molecule has 1 aromatic heterocycles. The van der Waals surface area contributed by atoms with Crippen LogP contribution in [-0.2, 0) is 0 Å². The summed E-state index contributed by atoms with van der Waals surface area (Å²) in [6.07, 6.45) is 3.76. The van der Waals surface area contributed by atoms with E-state index in [1.165, 1.54) is 0 Å². The Morgan fingerprint density at radius 1 is 1.67 bits per heavy atom. The van der Waals surface area contributed by atoms with Gasteiger partial charge in [0.2, 0.25) is 0 Å². The monoisotopic (exact) mass is 269 g/mol. The smallest absolute Gasteiger partial charge is 0.257 e. The third-order valence-electron chi connectivity index (χ3n) is 2.53. The normalized spacial score (nSPS) is 15.1. The third kappa shape index (κ3) is 2.12. The molecule has 2 rings (SSSR count). The second-order valence-corrected chi connectivity index (χ2v) is 4.65. The maximum atomic E-state index is 12.0. The van der Waals surface area contributed by atoms with Crippen molar-refractivity contribution >= 4 is 27.7 Å². The predicted molar refractivity (Wildman–Crippen MR) is 61.5 cm³/mol. The van der Waals surface area contributed by atoms with Crippen LogP contribution >= 0.6 is 15.9 Å². The molecule has 1 saturated carbocycles. The second kappa shape index (κ2) is 3.81. The molecule has 0 bridgehead atoms. The van der Waals surface area contributed by atoms with Gasteiger partial charge in [0.25, 0.3) is 5.91 Å². The minimum absolute atomic E-state index is 0.0520. The summed E-state index contributed by atoms with van der Waals surface area (Å²) < 4.78 is 0.768. The first-order chi connectivity index (χ1) is 7.09. The lowest BCUT2D eigenvalue weighted by Gasteiger charge is -2.16. The summed E-state index contributed by atoms with van der Waals surface area (Å²) in [6.45, 7) is 0. The summed E-state index contributed by atoms with van der Waals surface area (Å²) in [5.74, 6) is 0.236. The minimum Gasteiger partial charge on any atom is -0.383 e. The molecule has 1 aromatic rings. The molecule has 0 spiro atoms. The predicted octanol–water partition coefficient (Wildman–Crippen LogP) is 1.66. The molecule has 1 heterocycles. The zero-order valence-corrected chi connectivity index (χ0v) is 9.99. The van der Waals surface area contributed by atoms with Gasteiger partial charge in [0.1, 0.15) is 5.82 Å². The number of hydrogen-bond donors (Lipinski definition) is 1. The molecule has 0 atom stereocenters. The highest BCUT2D eigenvalue weighted by atomic mass is 79.9. The van der Waals surface area contributed by atoms with Crippen molar-refractivity contribution in [2.75, 3.05) is 12.8 Å². The SMILES string of the molecule is CN(C(=O)c1cc(Br)cnc1N)C1CC1. The highest BCUT2D eigenvalue weighted by Crippen LogP contribution is 2.28. The molecule has 5 heteroatoms. The Hall–Kier alpha value is -1.10. The Balaban J connectivity index is 2.27. The molecule has 0 radical (unpaired) electrons. The first-order valence-electron chi connectivity index (χ1n) is 4.78. The number of pyridine rings is 1. The van der Waals surface area contributed by atoms with Crippen molar-refractivity contribution < 1.29 is 4.79 Å². The van der Waals surface area contributed by atoms with Crippen LogP contribution in [0.3, 0.4) is 0 Å². The molecule has 15 heavy (non-hydrogen) atoms. The van der Waals surface area contributed by atoms with E-state index in [4.69, 9.17) is 5.73 Å². The van der Waals surface area contributed by atoms with Gasteiger partial charge in [0.15, 0.2) is 0 Å². The van der Waals surface area contributed by atoms with Crippen LogP contribution in [0.1, 0.15) is 23.2 Å². The summed E-state index contributed by atoms with van der Waals surface area (Å²) in [5.41, 5.74) is 6.14. The number of carbonyl (C=O) groups is 1. The van der Waals surface area contributed by atoms with Gasteiger partial charge >= 0.3 is 0 Å². The number of nitrogens with two attached hydrogens (primary N) is 1. The van der Waals surface area contributed by atoms with Crippen molar-refractivity contribution in [2.24, 2.45) is 0 Å². The number of anilines is 1. The lowest BCUT2D eigenvalue weighted by atomic mass is 10.2. The van der Waals surface area contributed by atoms with E-state index in [0.717, 1.165) is 17.3 Å². The first kappa shape index (κ1) is 10.4. The Labute approximate surface area is 96.6 Å². The highest BCUT2D eigenvalue weighted by Gasteiger charge is 2.31. The van der Waals surface area contributed by atoms with Gasteiger partial charge in [-0.05, 0) is 34.8 Å². The summed E-state index contributed by atoms with van der Waals surface area (Å²) in [6, 6.07) is 2.10. The summed E-state index contributed by atoms with van der Waals surface area (Å²) in [7, 11) is 1.81. The fraction of sp³-hybridized carbons (Fsp3) is 0.400.